The fourth-order valence-electron chi connectivity index (χ4n) is 1.31. The molecule has 0 radical (unpaired) electrons. The first kappa shape index (κ1) is 9.74. The number of rotatable bonds is 1. The second kappa shape index (κ2) is 3.75. The number of hydrogen-bond acceptors (Lipinski definition) is 1. The lowest BCUT2D eigenvalue weighted by molar-refractivity contribution is 0.922. The Kier molecular flexibility index (Phi) is 2.61. The Balaban J connectivity index is 2.60. The first-order valence-electron chi connectivity index (χ1n) is 4.12. The van der Waals surface area contributed by atoms with E-state index in [1.807, 2.05) is 35.9 Å². The summed E-state index contributed by atoms with van der Waals surface area (Å²) >= 11 is 9.36. The van der Waals surface area contributed by atoms with Gasteiger partial charge >= 0.3 is 0 Å². The highest BCUT2D eigenvalue weighted by molar-refractivity contribution is 9.10. The molecule has 4 heteroatoms. The molecule has 0 fully saturated rings. The number of benzene rings is 1. The molecule has 0 aliphatic rings. The van der Waals surface area contributed by atoms with Crippen LogP contribution in [0.5, 0.6) is 0 Å². The number of aromatic nitrogens is 2. The minimum Gasteiger partial charge on any atom is -0.318 e. The van der Waals surface area contributed by atoms with Crippen molar-refractivity contribution in [2.45, 2.75) is 0 Å². The summed E-state index contributed by atoms with van der Waals surface area (Å²) in [6, 6.07) is 7.99. The molecule has 0 aliphatic heterocycles. The number of nitrogens with zero attached hydrogens (tertiary/aromatic N) is 2. The second-order valence-corrected chi connectivity index (χ2v) is 4.14. The molecule has 1 heterocycles. The van der Waals surface area contributed by atoms with Crippen molar-refractivity contribution in [3.05, 3.63) is 40.2 Å². The van der Waals surface area contributed by atoms with Crippen LogP contribution in [0, 0.1) is 0 Å². The van der Waals surface area contributed by atoms with Gasteiger partial charge in [-0.2, -0.15) is 0 Å². The van der Waals surface area contributed by atoms with E-state index >= 15 is 0 Å². The molecule has 1 aromatic heterocycles. The summed E-state index contributed by atoms with van der Waals surface area (Å²) in [6.45, 7) is 0. The highest BCUT2D eigenvalue weighted by Crippen LogP contribution is 2.28. The Hall–Kier alpha value is -0.800. The van der Waals surface area contributed by atoms with Gasteiger partial charge in [0.05, 0.1) is 11.9 Å². The molecule has 0 spiro atoms. The van der Waals surface area contributed by atoms with Crippen molar-refractivity contribution in [2.75, 3.05) is 0 Å². The third kappa shape index (κ3) is 1.57. The highest BCUT2D eigenvalue weighted by atomic mass is 79.9. The Morgan fingerprint density at radius 3 is 2.64 bits per heavy atom. The molecule has 2 rings (SSSR count). The van der Waals surface area contributed by atoms with Gasteiger partial charge in [-0.05, 0) is 17.7 Å². The van der Waals surface area contributed by atoms with Crippen molar-refractivity contribution >= 4 is 27.5 Å². The van der Waals surface area contributed by atoms with Gasteiger partial charge in [0.15, 0.2) is 0 Å². The molecular weight excluding hydrogens is 263 g/mol. The Labute approximate surface area is 95.7 Å². The van der Waals surface area contributed by atoms with Crippen LogP contribution >= 0.6 is 27.5 Å². The van der Waals surface area contributed by atoms with Gasteiger partial charge in [0, 0.05) is 17.1 Å². The lowest BCUT2D eigenvalue weighted by Crippen LogP contribution is -1.91. The molecule has 2 nitrogen and oxygen atoms in total. The van der Waals surface area contributed by atoms with Gasteiger partial charge in [-0.3, -0.25) is 0 Å². The molecule has 0 saturated heterocycles. The third-order valence-electron chi connectivity index (χ3n) is 2.08. The maximum Gasteiger partial charge on any atom is 0.202 e. The van der Waals surface area contributed by atoms with Crippen molar-refractivity contribution in [1.82, 2.24) is 9.55 Å². The average molecular weight is 272 g/mol. The van der Waals surface area contributed by atoms with E-state index < -0.39 is 0 Å². The molecule has 0 aliphatic carbocycles. The summed E-state index contributed by atoms with van der Waals surface area (Å²) in [7, 11) is 1.89. The van der Waals surface area contributed by atoms with Crippen LogP contribution in [0.2, 0.25) is 5.28 Å². The largest absolute Gasteiger partial charge is 0.318 e. The minimum atomic E-state index is 0.496. The van der Waals surface area contributed by atoms with Crippen LogP contribution in [0.3, 0.4) is 0 Å². The normalized spacial score (nSPS) is 10.5. The van der Waals surface area contributed by atoms with Gasteiger partial charge in [-0.25, -0.2) is 4.98 Å². The predicted octanol–water partition coefficient (Wildman–Crippen LogP) is 3.50. The van der Waals surface area contributed by atoms with E-state index in [0.717, 1.165) is 15.7 Å². The Bertz CT molecular complexity index is 465. The fraction of sp³-hybridized carbons (Fsp3) is 0.100. The van der Waals surface area contributed by atoms with E-state index in [9.17, 15) is 0 Å². The molecule has 72 valence electrons. The van der Waals surface area contributed by atoms with E-state index in [2.05, 4.69) is 20.9 Å². The summed E-state index contributed by atoms with van der Waals surface area (Å²) in [6.07, 6.45) is 1.77. The van der Waals surface area contributed by atoms with Crippen molar-refractivity contribution in [3.8, 4) is 11.3 Å². The predicted molar refractivity (Wildman–Crippen MR) is 61.4 cm³/mol. The van der Waals surface area contributed by atoms with E-state index in [1.165, 1.54) is 0 Å². The van der Waals surface area contributed by atoms with Gasteiger partial charge in [0.2, 0.25) is 5.28 Å². The maximum atomic E-state index is 5.87. The van der Waals surface area contributed by atoms with Gasteiger partial charge in [-0.15, -0.1) is 0 Å². The molecule has 0 unspecified atom stereocenters. The standard InChI is InChI=1S/C10H8BrClN2/c1-14-9(6-13-10(14)12)7-4-2-3-5-8(7)11/h2-6H,1H3. The monoisotopic (exact) mass is 270 g/mol. The van der Waals surface area contributed by atoms with Gasteiger partial charge in [0.1, 0.15) is 0 Å². The van der Waals surface area contributed by atoms with Crippen LogP contribution in [-0.4, -0.2) is 9.55 Å². The summed E-state index contributed by atoms with van der Waals surface area (Å²) in [5, 5.41) is 0.496. The van der Waals surface area contributed by atoms with Crippen LogP contribution in [0.15, 0.2) is 34.9 Å². The second-order valence-electron chi connectivity index (χ2n) is 2.95. The van der Waals surface area contributed by atoms with Crippen molar-refractivity contribution in [1.29, 1.82) is 0 Å². The van der Waals surface area contributed by atoms with Crippen LogP contribution in [0.1, 0.15) is 0 Å². The van der Waals surface area contributed by atoms with E-state index in [4.69, 9.17) is 11.6 Å². The van der Waals surface area contributed by atoms with E-state index in [1.54, 1.807) is 6.20 Å². The Morgan fingerprint density at radius 2 is 2.07 bits per heavy atom. The van der Waals surface area contributed by atoms with Crippen LogP contribution in [-0.2, 0) is 7.05 Å². The van der Waals surface area contributed by atoms with Crippen LogP contribution in [0.25, 0.3) is 11.3 Å². The van der Waals surface area contributed by atoms with Gasteiger partial charge < -0.3 is 4.57 Å². The van der Waals surface area contributed by atoms with Crippen molar-refractivity contribution in [3.63, 3.8) is 0 Å². The number of hydrogen-bond donors (Lipinski definition) is 0. The Morgan fingerprint density at radius 1 is 1.36 bits per heavy atom. The number of imidazole rings is 1. The zero-order chi connectivity index (χ0) is 10.1. The minimum absolute atomic E-state index is 0.496. The summed E-state index contributed by atoms with van der Waals surface area (Å²) in [5.41, 5.74) is 2.09. The lowest BCUT2D eigenvalue weighted by Gasteiger charge is -2.04. The quantitative estimate of drug-likeness (QED) is 0.776. The molecule has 1 aromatic carbocycles. The molecule has 0 atom stereocenters. The molecule has 0 N–H and O–H groups in total. The molecule has 0 saturated carbocycles. The molecule has 2 aromatic rings. The molecule has 14 heavy (non-hydrogen) atoms. The molecule has 0 bridgehead atoms. The third-order valence-corrected chi connectivity index (χ3v) is 3.12. The molecular formula is C10H8BrClN2. The summed E-state index contributed by atoms with van der Waals surface area (Å²) < 4.78 is 2.89. The van der Waals surface area contributed by atoms with E-state index in [0.29, 0.717) is 5.28 Å². The van der Waals surface area contributed by atoms with Crippen molar-refractivity contribution in [2.24, 2.45) is 7.05 Å². The number of halogens is 2. The first-order chi connectivity index (χ1) is 6.70. The summed E-state index contributed by atoms with van der Waals surface area (Å²) in [5.74, 6) is 0. The van der Waals surface area contributed by atoms with Gasteiger partial charge in [0.25, 0.3) is 0 Å². The lowest BCUT2D eigenvalue weighted by atomic mass is 10.2. The maximum absolute atomic E-state index is 5.87. The average Bonchev–Trinajstić information content (AvgIpc) is 2.49. The van der Waals surface area contributed by atoms with Crippen LogP contribution < -0.4 is 0 Å². The summed E-state index contributed by atoms with van der Waals surface area (Å²) in [4.78, 5) is 4.04. The smallest absolute Gasteiger partial charge is 0.202 e. The zero-order valence-corrected chi connectivity index (χ0v) is 9.88. The highest BCUT2D eigenvalue weighted by Gasteiger charge is 2.08. The topological polar surface area (TPSA) is 17.8 Å². The SMILES string of the molecule is Cn1c(-c2ccccc2Br)cnc1Cl. The molecule has 0 amide bonds. The van der Waals surface area contributed by atoms with Crippen LogP contribution in [0.4, 0.5) is 0 Å². The zero-order valence-electron chi connectivity index (χ0n) is 7.54. The van der Waals surface area contributed by atoms with Crippen molar-refractivity contribution < 1.29 is 0 Å². The first-order valence-corrected chi connectivity index (χ1v) is 5.29. The fourth-order valence-corrected chi connectivity index (χ4v) is 1.93. The van der Waals surface area contributed by atoms with E-state index in [-0.39, 0.29) is 0 Å². The van der Waals surface area contributed by atoms with Gasteiger partial charge in [-0.1, -0.05) is 34.1 Å².